The summed E-state index contributed by atoms with van der Waals surface area (Å²) >= 11 is 2.18. The Hall–Kier alpha value is -1.25. The molecule has 0 heterocycles. The van der Waals surface area contributed by atoms with Crippen molar-refractivity contribution in [3.8, 4) is 0 Å². The van der Waals surface area contributed by atoms with Gasteiger partial charge in [0.2, 0.25) is 0 Å². The Morgan fingerprint density at radius 1 is 0.870 bits per heavy atom. The monoisotopic (exact) mass is 388 g/mol. The maximum atomic E-state index is 10.2. The minimum atomic E-state index is -0.208. The van der Waals surface area contributed by atoms with Gasteiger partial charge >= 0.3 is 148 Å². The molecular weight excluding hydrogens is 367 g/mol. The molecule has 3 heteroatoms. The summed E-state index contributed by atoms with van der Waals surface area (Å²) in [4.78, 5) is 1.23. The predicted octanol–water partition coefficient (Wildman–Crippen LogP) is 4.62. The second-order valence-electron chi connectivity index (χ2n) is 5.47. The average molecular weight is 387 g/mol. The number of thioether (sulfide) groups is 1. The minimum absolute atomic E-state index is 0.208. The van der Waals surface area contributed by atoms with Crippen LogP contribution < -0.4 is 0 Å². The van der Waals surface area contributed by atoms with Crippen molar-refractivity contribution < 1.29 is 5.11 Å². The van der Waals surface area contributed by atoms with E-state index in [2.05, 4.69) is 54.6 Å². The SMILES string of the molecule is OC(CSc1ccccc1)C[Se]Cc1ccc2ccccc2c1. The van der Waals surface area contributed by atoms with Crippen molar-refractivity contribution in [1.82, 2.24) is 0 Å². The number of hydrogen-bond acceptors (Lipinski definition) is 2. The molecule has 0 radical (unpaired) electrons. The van der Waals surface area contributed by atoms with E-state index in [0.717, 1.165) is 16.4 Å². The second-order valence-corrected chi connectivity index (χ2v) is 8.73. The van der Waals surface area contributed by atoms with Gasteiger partial charge in [-0.2, -0.15) is 0 Å². The predicted molar refractivity (Wildman–Crippen MR) is 101 cm³/mol. The topological polar surface area (TPSA) is 20.2 Å². The number of fused-ring (bicyclic) bond motifs is 1. The molecule has 0 fully saturated rings. The zero-order valence-corrected chi connectivity index (χ0v) is 15.4. The molecule has 1 unspecified atom stereocenters. The van der Waals surface area contributed by atoms with Gasteiger partial charge < -0.3 is 0 Å². The van der Waals surface area contributed by atoms with Crippen LogP contribution in [0, 0.1) is 0 Å². The first-order valence-electron chi connectivity index (χ1n) is 7.72. The number of aliphatic hydroxyl groups is 1. The number of hydrogen-bond donors (Lipinski definition) is 1. The molecule has 23 heavy (non-hydrogen) atoms. The van der Waals surface area contributed by atoms with E-state index in [1.54, 1.807) is 11.8 Å². The Labute approximate surface area is 148 Å². The van der Waals surface area contributed by atoms with Crippen LogP contribution >= 0.6 is 11.8 Å². The summed E-state index contributed by atoms with van der Waals surface area (Å²) in [7, 11) is 0. The van der Waals surface area contributed by atoms with Crippen LogP contribution in [0.5, 0.6) is 0 Å². The second kappa shape index (κ2) is 8.56. The zero-order valence-electron chi connectivity index (χ0n) is 12.9. The molecule has 0 aliphatic rings. The molecular formula is C20H20OSSe. The molecule has 3 aromatic carbocycles. The third-order valence-corrected chi connectivity index (χ3v) is 7.16. The molecule has 0 spiro atoms. The van der Waals surface area contributed by atoms with Crippen molar-refractivity contribution in [2.24, 2.45) is 0 Å². The molecule has 3 rings (SSSR count). The summed E-state index contributed by atoms with van der Waals surface area (Å²) in [5.74, 6) is 0.781. The first-order chi connectivity index (χ1) is 11.3. The fourth-order valence-electron chi connectivity index (χ4n) is 2.40. The summed E-state index contributed by atoms with van der Waals surface area (Å²) in [6.45, 7) is 0. The van der Waals surface area contributed by atoms with E-state index < -0.39 is 0 Å². The van der Waals surface area contributed by atoms with Crippen molar-refractivity contribution >= 4 is 37.5 Å². The van der Waals surface area contributed by atoms with Crippen LogP contribution in [-0.2, 0) is 5.32 Å². The zero-order chi connectivity index (χ0) is 15.9. The Bertz CT molecular complexity index is 745. The Morgan fingerprint density at radius 2 is 1.61 bits per heavy atom. The van der Waals surface area contributed by atoms with Gasteiger partial charge in [-0.05, 0) is 0 Å². The third kappa shape index (κ3) is 5.12. The molecule has 0 amide bonds. The van der Waals surface area contributed by atoms with Crippen LogP contribution in [0.3, 0.4) is 0 Å². The maximum absolute atomic E-state index is 10.2. The third-order valence-electron chi connectivity index (χ3n) is 3.58. The molecule has 0 saturated heterocycles. The summed E-state index contributed by atoms with van der Waals surface area (Å²) in [5.41, 5.74) is 1.38. The average Bonchev–Trinajstić information content (AvgIpc) is 2.61. The van der Waals surface area contributed by atoms with Crippen molar-refractivity contribution in [2.45, 2.75) is 21.6 Å². The van der Waals surface area contributed by atoms with Gasteiger partial charge in [-0.15, -0.1) is 0 Å². The van der Waals surface area contributed by atoms with Gasteiger partial charge in [0, 0.05) is 0 Å². The summed E-state index contributed by atoms with van der Waals surface area (Å²) < 4.78 is 0. The van der Waals surface area contributed by atoms with Crippen LogP contribution in [0.1, 0.15) is 5.56 Å². The van der Waals surface area contributed by atoms with Gasteiger partial charge in [0.05, 0.1) is 0 Å². The van der Waals surface area contributed by atoms with E-state index >= 15 is 0 Å². The van der Waals surface area contributed by atoms with Crippen LogP contribution in [0.2, 0.25) is 5.32 Å². The van der Waals surface area contributed by atoms with Crippen molar-refractivity contribution in [1.29, 1.82) is 0 Å². The van der Waals surface area contributed by atoms with Gasteiger partial charge in [0.25, 0.3) is 0 Å². The van der Waals surface area contributed by atoms with Crippen LogP contribution in [0.25, 0.3) is 10.8 Å². The summed E-state index contributed by atoms with van der Waals surface area (Å²) in [6.07, 6.45) is -0.208. The van der Waals surface area contributed by atoms with E-state index in [9.17, 15) is 5.11 Å². The molecule has 3 aromatic rings. The molecule has 1 N–H and O–H groups in total. The van der Waals surface area contributed by atoms with E-state index in [1.165, 1.54) is 21.2 Å². The molecule has 1 atom stereocenters. The quantitative estimate of drug-likeness (QED) is 0.472. The van der Waals surface area contributed by atoms with Crippen LogP contribution in [0.15, 0.2) is 77.7 Å². The Morgan fingerprint density at radius 3 is 2.43 bits per heavy atom. The summed E-state index contributed by atoms with van der Waals surface area (Å²) in [6, 6.07) is 25.5. The van der Waals surface area contributed by atoms with Crippen LogP contribution in [-0.4, -0.2) is 31.9 Å². The van der Waals surface area contributed by atoms with Crippen molar-refractivity contribution in [2.75, 3.05) is 5.75 Å². The first kappa shape index (κ1) is 16.6. The number of aliphatic hydroxyl groups excluding tert-OH is 1. The summed E-state index contributed by atoms with van der Waals surface area (Å²) in [5, 5.41) is 14.8. The van der Waals surface area contributed by atoms with E-state index in [4.69, 9.17) is 0 Å². The van der Waals surface area contributed by atoms with E-state index in [0.29, 0.717) is 15.0 Å². The number of benzene rings is 3. The Kier molecular flexibility index (Phi) is 6.18. The van der Waals surface area contributed by atoms with Gasteiger partial charge in [-0.25, -0.2) is 0 Å². The van der Waals surface area contributed by atoms with Gasteiger partial charge in [0.1, 0.15) is 0 Å². The molecule has 0 bridgehead atoms. The van der Waals surface area contributed by atoms with Crippen LogP contribution in [0.4, 0.5) is 0 Å². The van der Waals surface area contributed by atoms with Gasteiger partial charge in [-0.1, -0.05) is 0 Å². The van der Waals surface area contributed by atoms with Crippen molar-refractivity contribution in [3.05, 3.63) is 78.4 Å². The standard InChI is InChI=1S/C20H20OSSe/c21-19(13-22-20-8-2-1-3-9-20)15-23-14-16-10-11-17-6-4-5-7-18(17)12-16/h1-12,19,21H,13-15H2. The first-order valence-corrected chi connectivity index (χ1v) is 11.1. The normalized spacial score (nSPS) is 12.4. The van der Waals surface area contributed by atoms with Gasteiger partial charge in [0.15, 0.2) is 0 Å². The molecule has 0 aromatic heterocycles. The van der Waals surface area contributed by atoms with Crippen molar-refractivity contribution in [3.63, 3.8) is 0 Å². The molecule has 0 aliphatic heterocycles. The number of rotatable bonds is 7. The van der Waals surface area contributed by atoms with E-state index in [1.807, 2.05) is 18.2 Å². The molecule has 0 saturated carbocycles. The van der Waals surface area contributed by atoms with Gasteiger partial charge in [-0.3, -0.25) is 0 Å². The molecule has 118 valence electrons. The van der Waals surface area contributed by atoms with E-state index in [-0.39, 0.29) is 6.10 Å². The molecule has 1 nitrogen and oxygen atoms in total. The fourth-order valence-corrected chi connectivity index (χ4v) is 5.52. The Balaban J connectivity index is 1.44. The molecule has 0 aliphatic carbocycles. The fraction of sp³-hybridized carbons (Fsp3) is 0.200.